The zero-order valence-electron chi connectivity index (χ0n) is 9.89. The molecule has 0 saturated heterocycles. The minimum atomic E-state index is -0.655. The van der Waals surface area contributed by atoms with Crippen LogP contribution in [0.3, 0.4) is 0 Å². The van der Waals surface area contributed by atoms with Crippen LogP contribution in [0.15, 0.2) is 29.5 Å². The van der Waals surface area contributed by atoms with E-state index in [2.05, 4.69) is 15.6 Å². The average molecular weight is 297 g/mol. The number of amides is 1. The maximum Gasteiger partial charge on any atom is 0.389 e. The number of rotatable bonds is 5. The summed E-state index contributed by atoms with van der Waals surface area (Å²) < 4.78 is 13.8. The average Bonchev–Trinajstić information content (AvgIpc) is 2.99. The molecule has 0 bridgehead atoms. The number of carbonyl (C=O) groups excluding carboxylic acids is 1. The van der Waals surface area contributed by atoms with Gasteiger partial charge in [-0.3, -0.25) is 4.79 Å². The summed E-state index contributed by atoms with van der Waals surface area (Å²) in [5.74, 6) is -0.841. The standard InChI is InChI=1S/C10H8FN5O3S/c11-8-2-1-7(20-8)5-12-13-10(17)6-15-4-3-9(14-15)16(18)19/h1-5H,6H2,(H,13,17)/b12-5-. The first-order valence-corrected chi connectivity index (χ1v) is 6.11. The van der Waals surface area contributed by atoms with Gasteiger partial charge < -0.3 is 10.1 Å². The maximum atomic E-state index is 12.7. The number of thiophene rings is 1. The van der Waals surface area contributed by atoms with Crippen molar-refractivity contribution in [1.82, 2.24) is 15.2 Å². The molecule has 1 amide bonds. The van der Waals surface area contributed by atoms with Gasteiger partial charge in [-0.15, -0.1) is 11.3 Å². The van der Waals surface area contributed by atoms with Crippen LogP contribution in [0.1, 0.15) is 4.88 Å². The SMILES string of the molecule is O=C(Cn1ccc([N+](=O)[O-])n1)N/N=C\c1ccc(F)s1. The van der Waals surface area contributed by atoms with E-state index in [4.69, 9.17) is 0 Å². The summed E-state index contributed by atoms with van der Waals surface area (Å²) in [5.41, 5.74) is 2.21. The Balaban J connectivity index is 1.85. The second-order valence-electron chi connectivity index (χ2n) is 3.56. The molecular formula is C10H8FN5O3S. The highest BCUT2D eigenvalue weighted by molar-refractivity contribution is 7.12. The molecule has 0 fully saturated rings. The van der Waals surface area contributed by atoms with Crippen LogP contribution in [0.5, 0.6) is 0 Å². The quantitative estimate of drug-likeness (QED) is 0.508. The molecule has 20 heavy (non-hydrogen) atoms. The van der Waals surface area contributed by atoms with Crippen LogP contribution in [-0.4, -0.2) is 26.8 Å². The molecule has 0 radical (unpaired) electrons. The van der Waals surface area contributed by atoms with Crippen molar-refractivity contribution in [3.63, 3.8) is 0 Å². The molecule has 0 spiro atoms. The Morgan fingerprint density at radius 2 is 2.40 bits per heavy atom. The first-order valence-electron chi connectivity index (χ1n) is 5.29. The van der Waals surface area contributed by atoms with E-state index in [1.165, 1.54) is 30.6 Å². The highest BCUT2D eigenvalue weighted by Gasteiger charge is 2.12. The smallest absolute Gasteiger partial charge is 0.358 e. The summed E-state index contributed by atoms with van der Waals surface area (Å²) in [7, 11) is 0. The lowest BCUT2D eigenvalue weighted by atomic mass is 10.5. The number of nitrogens with zero attached hydrogens (tertiary/aromatic N) is 4. The van der Waals surface area contributed by atoms with Crippen molar-refractivity contribution < 1.29 is 14.1 Å². The van der Waals surface area contributed by atoms with Crippen molar-refractivity contribution in [2.24, 2.45) is 5.10 Å². The van der Waals surface area contributed by atoms with Gasteiger partial charge in [-0.1, -0.05) is 0 Å². The van der Waals surface area contributed by atoms with Crippen LogP contribution in [0, 0.1) is 15.2 Å². The predicted molar refractivity (Wildman–Crippen MR) is 68.9 cm³/mol. The lowest BCUT2D eigenvalue weighted by Gasteiger charge is -1.96. The first-order chi connectivity index (χ1) is 9.54. The number of nitro groups is 1. The number of aromatic nitrogens is 2. The minimum absolute atomic E-state index is 0.204. The van der Waals surface area contributed by atoms with Crippen LogP contribution in [-0.2, 0) is 11.3 Å². The topological polar surface area (TPSA) is 102 Å². The monoisotopic (exact) mass is 297 g/mol. The third-order valence-electron chi connectivity index (χ3n) is 2.09. The van der Waals surface area contributed by atoms with Crippen LogP contribution < -0.4 is 5.43 Å². The lowest BCUT2D eigenvalue weighted by molar-refractivity contribution is -0.389. The van der Waals surface area contributed by atoms with Crippen molar-refractivity contribution in [1.29, 1.82) is 0 Å². The molecule has 0 unspecified atom stereocenters. The lowest BCUT2D eigenvalue weighted by Crippen LogP contribution is -2.23. The number of hydrazone groups is 1. The Morgan fingerprint density at radius 3 is 3.00 bits per heavy atom. The number of hydrogen-bond donors (Lipinski definition) is 1. The Labute approximate surface area is 115 Å². The van der Waals surface area contributed by atoms with Gasteiger partial charge in [0.05, 0.1) is 28.5 Å². The van der Waals surface area contributed by atoms with E-state index in [-0.39, 0.29) is 17.5 Å². The zero-order chi connectivity index (χ0) is 14.5. The van der Waals surface area contributed by atoms with Gasteiger partial charge in [-0.05, 0) is 17.1 Å². The molecule has 0 aromatic carbocycles. The van der Waals surface area contributed by atoms with E-state index in [1.807, 2.05) is 0 Å². The van der Waals surface area contributed by atoms with Gasteiger partial charge in [0.15, 0.2) is 5.13 Å². The largest absolute Gasteiger partial charge is 0.389 e. The van der Waals surface area contributed by atoms with Gasteiger partial charge in [0.25, 0.3) is 5.91 Å². The van der Waals surface area contributed by atoms with E-state index in [9.17, 15) is 19.3 Å². The van der Waals surface area contributed by atoms with Crippen LogP contribution >= 0.6 is 11.3 Å². The van der Waals surface area contributed by atoms with E-state index in [0.29, 0.717) is 4.88 Å². The summed E-state index contributed by atoms with van der Waals surface area (Å²) >= 11 is 0.890. The highest BCUT2D eigenvalue weighted by atomic mass is 32.1. The Bertz CT molecular complexity index is 665. The molecule has 2 rings (SSSR count). The molecule has 2 heterocycles. The third kappa shape index (κ3) is 3.68. The molecule has 0 aliphatic carbocycles. The van der Waals surface area contributed by atoms with Gasteiger partial charge in [-0.25, -0.2) is 5.43 Å². The van der Waals surface area contributed by atoms with Crippen LogP contribution in [0.2, 0.25) is 0 Å². The molecule has 10 heteroatoms. The molecule has 2 aromatic heterocycles. The maximum absolute atomic E-state index is 12.7. The fourth-order valence-corrected chi connectivity index (χ4v) is 1.89. The molecule has 0 aliphatic heterocycles. The minimum Gasteiger partial charge on any atom is -0.358 e. The molecule has 1 N–H and O–H groups in total. The van der Waals surface area contributed by atoms with Crippen LogP contribution in [0.4, 0.5) is 10.2 Å². The van der Waals surface area contributed by atoms with Gasteiger partial charge in [0.2, 0.25) is 0 Å². The summed E-state index contributed by atoms with van der Waals surface area (Å²) in [6.45, 7) is -0.204. The summed E-state index contributed by atoms with van der Waals surface area (Å²) in [6, 6.07) is 3.99. The van der Waals surface area contributed by atoms with Crippen molar-refractivity contribution >= 4 is 29.3 Å². The molecule has 0 atom stereocenters. The van der Waals surface area contributed by atoms with Crippen LogP contribution in [0.25, 0.3) is 0 Å². The van der Waals surface area contributed by atoms with Gasteiger partial charge in [0, 0.05) is 0 Å². The molecule has 0 aliphatic rings. The van der Waals surface area contributed by atoms with Gasteiger partial charge >= 0.3 is 5.82 Å². The van der Waals surface area contributed by atoms with Crippen molar-refractivity contribution in [2.75, 3.05) is 0 Å². The fraction of sp³-hybridized carbons (Fsp3) is 0.100. The van der Waals surface area contributed by atoms with Gasteiger partial charge in [-0.2, -0.15) is 14.2 Å². The Hall–Kier alpha value is -2.62. The van der Waals surface area contributed by atoms with E-state index < -0.39 is 10.8 Å². The number of nitrogens with one attached hydrogen (secondary N) is 1. The van der Waals surface area contributed by atoms with Crippen molar-refractivity contribution in [2.45, 2.75) is 6.54 Å². The molecule has 2 aromatic rings. The fourth-order valence-electron chi connectivity index (χ4n) is 1.28. The highest BCUT2D eigenvalue weighted by Crippen LogP contribution is 2.11. The Morgan fingerprint density at radius 1 is 1.60 bits per heavy atom. The second-order valence-corrected chi connectivity index (χ2v) is 4.63. The molecule has 0 saturated carbocycles. The Kier molecular flexibility index (Phi) is 4.15. The number of hydrogen-bond acceptors (Lipinski definition) is 6. The van der Waals surface area contributed by atoms with Gasteiger partial charge in [0.1, 0.15) is 6.54 Å². The van der Waals surface area contributed by atoms with E-state index in [1.54, 1.807) is 0 Å². The number of carbonyl (C=O) groups is 1. The van der Waals surface area contributed by atoms with Crippen molar-refractivity contribution in [3.8, 4) is 0 Å². The predicted octanol–water partition coefficient (Wildman–Crippen LogP) is 1.14. The van der Waals surface area contributed by atoms with E-state index >= 15 is 0 Å². The molecule has 104 valence electrons. The molecule has 8 nitrogen and oxygen atoms in total. The summed E-state index contributed by atoms with van der Waals surface area (Å²) in [6.07, 6.45) is 2.62. The third-order valence-corrected chi connectivity index (χ3v) is 2.90. The molecular weight excluding hydrogens is 289 g/mol. The first kappa shape index (κ1) is 13.8. The van der Waals surface area contributed by atoms with Crippen molar-refractivity contribution in [3.05, 3.63) is 44.5 Å². The zero-order valence-corrected chi connectivity index (χ0v) is 10.7. The summed E-state index contributed by atoms with van der Waals surface area (Å²) in [5, 5.41) is 17.3. The number of halogens is 1. The van der Waals surface area contributed by atoms with E-state index in [0.717, 1.165) is 16.0 Å². The normalized spacial score (nSPS) is 10.8. The second kappa shape index (κ2) is 6.02. The summed E-state index contributed by atoms with van der Waals surface area (Å²) in [4.78, 5) is 21.8.